The van der Waals surface area contributed by atoms with E-state index in [-0.39, 0.29) is 0 Å². The molecule has 0 atom stereocenters. The Balaban J connectivity index is 1.22. The van der Waals surface area contributed by atoms with Crippen LogP contribution in [0.5, 0.6) is 0 Å². The van der Waals surface area contributed by atoms with Crippen molar-refractivity contribution < 1.29 is 0 Å². The van der Waals surface area contributed by atoms with Crippen molar-refractivity contribution in [3.8, 4) is 43.1 Å². The van der Waals surface area contributed by atoms with Crippen LogP contribution in [-0.4, -0.2) is 0 Å². The highest BCUT2D eigenvalue weighted by molar-refractivity contribution is 7.23. The largest absolute Gasteiger partial charge is 0.306 e. The predicted molar refractivity (Wildman–Crippen MR) is 257 cm³/mol. The van der Waals surface area contributed by atoms with E-state index >= 15 is 0 Å². The lowest BCUT2D eigenvalue weighted by Gasteiger charge is -2.28. The zero-order chi connectivity index (χ0) is 39.9. The Morgan fingerprint density at radius 1 is 0.390 bits per heavy atom. The molecule has 0 spiro atoms. The molecule has 1 nitrogen and oxygen atoms in total. The summed E-state index contributed by atoms with van der Waals surface area (Å²) in [5.41, 5.74) is 17.6. The van der Waals surface area contributed by atoms with Crippen LogP contribution >= 0.6 is 22.7 Å². The molecule has 3 heteroatoms. The van der Waals surface area contributed by atoms with Crippen LogP contribution < -0.4 is 4.90 Å². The molecule has 2 aromatic heterocycles. The Bertz CT molecular complexity index is 3120. The van der Waals surface area contributed by atoms with Crippen LogP contribution in [0.15, 0.2) is 194 Å². The van der Waals surface area contributed by atoms with Crippen LogP contribution in [0, 0.1) is 20.8 Å². The molecule has 0 saturated heterocycles. The third-order valence-corrected chi connectivity index (χ3v) is 14.0. The molecular formula is C56H43NS2. The average molecular weight is 794 g/mol. The van der Waals surface area contributed by atoms with Gasteiger partial charge in [-0.25, -0.2) is 0 Å². The molecule has 2 heterocycles. The molecule has 8 aromatic carbocycles. The lowest BCUT2D eigenvalue weighted by atomic mass is 9.91. The molecule has 10 aromatic rings. The summed E-state index contributed by atoms with van der Waals surface area (Å²) >= 11 is 3.77. The Morgan fingerprint density at radius 2 is 0.847 bits per heavy atom. The minimum absolute atomic E-state index is 0.884. The molecule has 0 amide bonds. The van der Waals surface area contributed by atoms with Gasteiger partial charge in [-0.05, 0) is 125 Å². The molecule has 0 bridgehead atoms. The van der Waals surface area contributed by atoms with Crippen LogP contribution in [0.25, 0.3) is 63.3 Å². The summed E-state index contributed by atoms with van der Waals surface area (Å²) in [7, 11) is 0. The Morgan fingerprint density at radius 3 is 1.44 bits per heavy atom. The fraction of sp³-hybridized carbons (Fsp3) is 0.0714. The summed E-state index contributed by atoms with van der Waals surface area (Å²) in [5.74, 6) is 0. The van der Waals surface area contributed by atoms with E-state index in [0.29, 0.717) is 0 Å². The maximum Gasteiger partial charge on any atom is 0.0727 e. The van der Waals surface area contributed by atoms with E-state index in [4.69, 9.17) is 0 Å². The molecule has 0 fully saturated rings. The summed E-state index contributed by atoms with van der Waals surface area (Å²) in [6.45, 7) is 6.69. The second-order valence-electron chi connectivity index (χ2n) is 15.4. The van der Waals surface area contributed by atoms with Crippen molar-refractivity contribution in [3.05, 3.63) is 222 Å². The molecule has 0 aliphatic heterocycles. The van der Waals surface area contributed by atoms with Crippen LogP contribution in [-0.2, 0) is 6.42 Å². The maximum atomic E-state index is 2.57. The minimum Gasteiger partial charge on any atom is -0.306 e. The first-order chi connectivity index (χ1) is 29.0. The number of benzene rings is 8. The van der Waals surface area contributed by atoms with E-state index in [1.54, 1.807) is 0 Å². The van der Waals surface area contributed by atoms with Crippen molar-refractivity contribution >= 4 is 59.9 Å². The van der Waals surface area contributed by atoms with Gasteiger partial charge in [-0.3, -0.25) is 0 Å². The Kier molecular flexibility index (Phi) is 9.78. The van der Waals surface area contributed by atoms with Gasteiger partial charge in [-0.1, -0.05) is 158 Å². The van der Waals surface area contributed by atoms with E-state index in [2.05, 4.69) is 220 Å². The summed E-state index contributed by atoms with van der Waals surface area (Å²) in [5, 5.41) is 2.49. The lowest BCUT2D eigenvalue weighted by Crippen LogP contribution is -2.11. The van der Waals surface area contributed by atoms with Crippen molar-refractivity contribution in [3.63, 3.8) is 0 Å². The van der Waals surface area contributed by atoms with E-state index in [9.17, 15) is 0 Å². The molecule has 59 heavy (non-hydrogen) atoms. The van der Waals surface area contributed by atoms with E-state index in [0.717, 1.165) is 12.1 Å². The Hall–Kier alpha value is -6.52. The summed E-state index contributed by atoms with van der Waals surface area (Å²) in [6, 6.07) is 71.5. The summed E-state index contributed by atoms with van der Waals surface area (Å²) in [4.78, 5) is 5.08. The zero-order valence-corrected chi connectivity index (χ0v) is 35.1. The topological polar surface area (TPSA) is 3.24 Å². The van der Waals surface area contributed by atoms with Gasteiger partial charge < -0.3 is 4.90 Å². The fourth-order valence-electron chi connectivity index (χ4n) is 8.58. The van der Waals surface area contributed by atoms with Gasteiger partial charge >= 0.3 is 0 Å². The van der Waals surface area contributed by atoms with Crippen LogP contribution in [0.2, 0.25) is 0 Å². The number of thiophene rings is 2. The van der Waals surface area contributed by atoms with Crippen molar-refractivity contribution in [1.82, 2.24) is 0 Å². The van der Waals surface area contributed by atoms with Gasteiger partial charge in [0.05, 0.1) is 21.1 Å². The summed E-state index contributed by atoms with van der Waals surface area (Å²) < 4.78 is 2.54. The SMILES string of the molecule is Cc1ccccc1-c1cc(-c2sc3ccccc3c2N(c2ccccc2)c2c(-c3ccc(C)c(-c4ccccc4Cc4ccccc4)c3)sc3ccccc23)ccc1C. The molecule has 0 unspecified atom stereocenters. The quantitative estimate of drug-likeness (QED) is 0.141. The van der Waals surface area contributed by atoms with Gasteiger partial charge in [0.2, 0.25) is 0 Å². The minimum atomic E-state index is 0.884. The second kappa shape index (κ2) is 15.7. The number of hydrogen-bond acceptors (Lipinski definition) is 3. The maximum absolute atomic E-state index is 2.57. The average Bonchev–Trinajstić information content (AvgIpc) is 3.85. The molecule has 0 aliphatic rings. The smallest absolute Gasteiger partial charge is 0.0727 e. The van der Waals surface area contributed by atoms with Crippen LogP contribution in [0.4, 0.5) is 17.1 Å². The number of aryl methyl sites for hydroxylation is 3. The van der Waals surface area contributed by atoms with Gasteiger partial charge in [-0.15, -0.1) is 22.7 Å². The molecule has 0 aliphatic carbocycles. The third kappa shape index (κ3) is 6.87. The highest BCUT2D eigenvalue weighted by atomic mass is 32.1. The van der Waals surface area contributed by atoms with Gasteiger partial charge in [0, 0.05) is 25.9 Å². The summed E-state index contributed by atoms with van der Waals surface area (Å²) in [6.07, 6.45) is 0.884. The first-order valence-corrected chi connectivity index (χ1v) is 21.9. The zero-order valence-electron chi connectivity index (χ0n) is 33.4. The molecular weight excluding hydrogens is 751 g/mol. The number of rotatable bonds is 9. The molecule has 10 rings (SSSR count). The van der Waals surface area contributed by atoms with Gasteiger partial charge in [0.15, 0.2) is 0 Å². The lowest BCUT2D eigenvalue weighted by molar-refractivity contribution is 1.19. The van der Waals surface area contributed by atoms with Gasteiger partial charge in [0.25, 0.3) is 0 Å². The Labute approximate surface area is 355 Å². The van der Waals surface area contributed by atoms with Crippen molar-refractivity contribution in [2.45, 2.75) is 27.2 Å². The molecule has 0 N–H and O–H groups in total. The third-order valence-electron chi connectivity index (χ3n) is 11.6. The second-order valence-corrected chi connectivity index (χ2v) is 17.5. The van der Waals surface area contributed by atoms with E-state index in [1.807, 2.05) is 22.7 Å². The number of para-hydroxylation sites is 1. The first kappa shape index (κ1) is 36.8. The monoisotopic (exact) mass is 793 g/mol. The normalized spacial score (nSPS) is 11.4. The van der Waals surface area contributed by atoms with Crippen LogP contribution in [0.1, 0.15) is 27.8 Å². The molecule has 0 radical (unpaired) electrons. The number of anilines is 3. The van der Waals surface area contributed by atoms with E-state index < -0.39 is 0 Å². The standard InChI is InChI=1S/C56H43NS2/c1-37-18-10-12-24-45(37)49-35-42(32-30-38(49)2)55-53(47-26-14-16-28-51(47)58-55)57(44-22-8-5-9-23-44)54-48-27-15-17-29-52(48)59-56(54)43-33-31-39(3)50(36-43)46-25-13-11-21-41(46)34-40-19-6-4-7-20-40/h4-33,35-36H,34H2,1-3H3. The predicted octanol–water partition coefficient (Wildman–Crippen LogP) is 16.8. The van der Waals surface area contributed by atoms with Crippen LogP contribution in [0.3, 0.4) is 0 Å². The number of nitrogens with zero attached hydrogens (tertiary/aromatic N) is 1. The highest BCUT2D eigenvalue weighted by Gasteiger charge is 2.28. The number of hydrogen-bond donors (Lipinski definition) is 0. The van der Waals surface area contributed by atoms with Gasteiger partial charge in [-0.2, -0.15) is 0 Å². The number of fused-ring (bicyclic) bond motifs is 2. The molecule has 284 valence electrons. The fourth-order valence-corrected chi connectivity index (χ4v) is 10.9. The van der Waals surface area contributed by atoms with Crippen molar-refractivity contribution in [1.29, 1.82) is 0 Å². The van der Waals surface area contributed by atoms with Crippen molar-refractivity contribution in [2.24, 2.45) is 0 Å². The molecule has 0 saturated carbocycles. The highest BCUT2D eigenvalue weighted by Crippen LogP contribution is 2.56. The van der Waals surface area contributed by atoms with Crippen molar-refractivity contribution in [2.75, 3.05) is 4.90 Å². The van der Waals surface area contributed by atoms with E-state index in [1.165, 1.54) is 102 Å². The first-order valence-electron chi connectivity index (χ1n) is 20.3. The van der Waals surface area contributed by atoms with Gasteiger partial charge in [0.1, 0.15) is 0 Å².